The van der Waals surface area contributed by atoms with E-state index in [0.29, 0.717) is 0 Å². The van der Waals surface area contributed by atoms with Crippen LogP contribution in [0, 0.1) is 0 Å². The number of alkyl halides is 2. The third kappa shape index (κ3) is 3.70. The minimum Gasteiger partial charge on any atom is -0.481 e. The maximum absolute atomic E-state index is 13.6. The lowest BCUT2D eigenvalue weighted by Gasteiger charge is -2.24. The molecule has 0 aliphatic heterocycles. The normalized spacial score (nSPS) is 12.5. The first-order valence-corrected chi connectivity index (χ1v) is 5.27. The molecule has 0 saturated carbocycles. The Balaban J connectivity index is 3.06. The second-order valence-electron chi connectivity index (χ2n) is 3.78. The van der Waals surface area contributed by atoms with Gasteiger partial charge in [-0.1, -0.05) is 0 Å². The summed E-state index contributed by atoms with van der Waals surface area (Å²) in [7, 11) is 0. The van der Waals surface area contributed by atoms with Crippen LogP contribution in [0.4, 0.5) is 8.78 Å². The summed E-state index contributed by atoms with van der Waals surface area (Å²) in [4.78, 5) is 35.8. The fourth-order valence-electron chi connectivity index (χ4n) is 1.41. The van der Waals surface area contributed by atoms with Crippen molar-refractivity contribution < 1.29 is 33.4 Å². The zero-order chi connectivity index (χ0) is 15.3. The van der Waals surface area contributed by atoms with Crippen LogP contribution in [-0.2, 0) is 14.4 Å². The summed E-state index contributed by atoms with van der Waals surface area (Å²) in [6, 6.07) is 0.0142. The number of rotatable bonds is 6. The number of nitrogens with zero attached hydrogens (tertiary/aromatic N) is 1. The number of pyridine rings is 1. The molecular weight excluding hydrogens is 278 g/mol. The molecular formula is C11H10F2N2O5. The van der Waals surface area contributed by atoms with E-state index < -0.39 is 36.2 Å². The number of hydrogen-bond donors (Lipinski definition) is 3. The third-order valence-electron chi connectivity index (χ3n) is 2.30. The molecule has 0 aromatic carbocycles. The maximum atomic E-state index is 13.6. The van der Waals surface area contributed by atoms with E-state index in [0.717, 1.165) is 24.5 Å². The van der Waals surface area contributed by atoms with Gasteiger partial charge in [-0.2, -0.15) is 8.78 Å². The second kappa shape index (κ2) is 6.04. The Morgan fingerprint density at radius 3 is 2.25 bits per heavy atom. The van der Waals surface area contributed by atoms with Gasteiger partial charge < -0.3 is 15.5 Å². The number of hydrogen-bond acceptors (Lipinski definition) is 4. The molecule has 9 heteroatoms. The van der Waals surface area contributed by atoms with Crippen LogP contribution >= 0.6 is 0 Å². The van der Waals surface area contributed by atoms with Crippen molar-refractivity contribution in [2.75, 3.05) is 0 Å². The van der Waals surface area contributed by atoms with Crippen molar-refractivity contribution in [3.8, 4) is 0 Å². The van der Waals surface area contributed by atoms with Gasteiger partial charge >= 0.3 is 17.9 Å². The van der Waals surface area contributed by atoms with Gasteiger partial charge in [-0.15, -0.1) is 0 Å². The SMILES string of the molecule is O=C(O)CC(=O)NC(c1ccncc1)C(F)(F)C(=O)O. The van der Waals surface area contributed by atoms with Crippen molar-refractivity contribution >= 4 is 17.8 Å². The summed E-state index contributed by atoms with van der Waals surface area (Å²) >= 11 is 0. The molecule has 108 valence electrons. The molecule has 1 aromatic heterocycles. The average molecular weight is 288 g/mol. The quantitative estimate of drug-likeness (QED) is 0.654. The Bertz CT molecular complexity index is 521. The van der Waals surface area contributed by atoms with Gasteiger partial charge in [-0.25, -0.2) is 4.79 Å². The highest BCUT2D eigenvalue weighted by molar-refractivity contribution is 5.94. The molecule has 1 unspecified atom stereocenters. The van der Waals surface area contributed by atoms with Gasteiger partial charge in [0.15, 0.2) is 0 Å². The van der Waals surface area contributed by atoms with Crippen LogP contribution in [0.2, 0.25) is 0 Å². The molecule has 0 aliphatic carbocycles. The summed E-state index contributed by atoms with van der Waals surface area (Å²) in [6.45, 7) is 0. The number of aromatic nitrogens is 1. The molecule has 0 aliphatic rings. The lowest BCUT2D eigenvalue weighted by atomic mass is 10.0. The van der Waals surface area contributed by atoms with Crippen LogP contribution in [0.3, 0.4) is 0 Å². The van der Waals surface area contributed by atoms with E-state index >= 15 is 0 Å². The molecule has 0 radical (unpaired) electrons. The highest BCUT2D eigenvalue weighted by Gasteiger charge is 2.49. The maximum Gasteiger partial charge on any atom is 0.377 e. The van der Waals surface area contributed by atoms with Crippen molar-refractivity contribution in [3.05, 3.63) is 30.1 Å². The van der Waals surface area contributed by atoms with Crippen molar-refractivity contribution in [1.29, 1.82) is 0 Å². The Labute approximate surface area is 111 Å². The number of carbonyl (C=O) groups excluding carboxylic acids is 1. The number of aliphatic carboxylic acids is 2. The van der Waals surface area contributed by atoms with Crippen LogP contribution in [0.25, 0.3) is 0 Å². The molecule has 1 amide bonds. The standard InChI is InChI=1S/C11H10F2N2O5/c12-11(13,10(19)20)9(6-1-3-14-4-2-6)15-7(16)5-8(17)18/h1-4,9H,5H2,(H,15,16)(H,17,18)(H,19,20). The third-order valence-corrected chi connectivity index (χ3v) is 2.30. The van der Waals surface area contributed by atoms with Gasteiger partial charge in [0.25, 0.3) is 0 Å². The van der Waals surface area contributed by atoms with Gasteiger partial charge in [0.2, 0.25) is 5.91 Å². The first-order chi connectivity index (χ1) is 9.25. The molecule has 0 fully saturated rings. The predicted molar refractivity (Wildman–Crippen MR) is 60.0 cm³/mol. The summed E-state index contributed by atoms with van der Waals surface area (Å²) in [5.74, 6) is -9.47. The van der Waals surface area contributed by atoms with Crippen LogP contribution in [-0.4, -0.2) is 39.0 Å². The van der Waals surface area contributed by atoms with E-state index in [9.17, 15) is 23.2 Å². The molecule has 0 spiro atoms. The smallest absolute Gasteiger partial charge is 0.377 e. The monoisotopic (exact) mass is 288 g/mol. The fraction of sp³-hybridized carbons (Fsp3) is 0.273. The van der Waals surface area contributed by atoms with Gasteiger partial charge in [0.1, 0.15) is 12.5 Å². The van der Waals surface area contributed by atoms with E-state index in [1.807, 2.05) is 0 Å². The van der Waals surface area contributed by atoms with Crippen molar-refractivity contribution in [1.82, 2.24) is 10.3 Å². The largest absolute Gasteiger partial charge is 0.481 e. The number of halogens is 2. The molecule has 1 aromatic rings. The van der Waals surface area contributed by atoms with Crippen LogP contribution in [0.5, 0.6) is 0 Å². The Hall–Kier alpha value is -2.58. The van der Waals surface area contributed by atoms with E-state index in [1.54, 1.807) is 5.32 Å². The summed E-state index contributed by atoms with van der Waals surface area (Å²) < 4.78 is 27.2. The van der Waals surface area contributed by atoms with Crippen LogP contribution in [0.15, 0.2) is 24.5 Å². The first kappa shape index (κ1) is 15.5. The molecule has 3 N–H and O–H groups in total. The van der Waals surface area contributed by atoms with E-state index in [4.69, 9.17) is 10.2 Å². The molecule has 1 heterocycles. The molecule has 20 heavy (non-hydrogen) atoms. The summed E-state index contributed by atoms with van der Waals surface area (Å²) in [5.41, 5.74) is -0.203. The molecule has 1 atom stereocenters. The molecule has 0 saturated heterocycles. The zero-order valence-electron chi connectivity index (χ0n) is 9.92. The Kier molecular flexibility index (Phi) is 4.68. The highest BCUT2D eigenvalue weighted by Crippen LogP contribution is 2.31. The lowest BCUT2D eigenvalue weighted by Crippen LogP contribution is -2.45. The second-order valence-corrected chi connectivity index (χ2v) is 3.78. The summed E-state index contributed by atoms with van der Waals surface area (Å²) in [5, 5.41) is 18.6. The highest BCUT2D eigenvalue weighted by atomic mass is 19.3. The van der Waals surface area contributed by atoms with Gasteiger partial charge in [0.05, 0.1) is 0 Å². The molecule has 7 nitrogen and oxygen atoms in total. The van der Waals surface area contributed by atoms with E-state index in [-0.39, 0.29) is 5.56 Å². The zero-order valence-corrected chi connectivity index (χ0v) is 9.92. The average Bonchev–Trinajstić information content (AvgIpc) is 2.35. The van der Waals surface area contributed by atoms with Crippen molar-refractivity contribution in [2.45, 2.75) is 18.4 Å². The molecule has 1 rings (SSSR count). The number of nitrogens with one attached hydrogen (secondary N) is 1. The number of amides is 1. The van der Waals surface area contributed by atoms with E-state index in [1.165, 1.54) is 0 Å². The lowest BCUT2D eigenvalue weighted by molar-refractivity contribution is -0.170. The first-order valence-electron chi connectivity index (χ1n) is 5.27. The topological polar surface area (TPSA) is 117 Å². The molecule has 0 bridgehead atoms. The van der Waals surface area contributed by atoms with Gasteiger partial charge in [-0.05, 0) is 17.7 Å². The van der Waals surface area contributed by atoms with E-state index in [2.05, 4.69) is 4.98 Å². The predicted octanol–water partition coefficient (Wildman–Crippen LogP) is 0.433. The van der Waals surface area contributed by atoms with Crippen molar-refractivity contribution in [3.63, 3.8) is 0 Å². The van der Waals surface area contributed by atoms with Crippen LogP contribution < -0.4 is 5.32 Å². The summed E-state index contributed by atoms with van der Waals surface area (Å²) in [6.07, 6.45) is 1.24. The number of carbonyl (C=O) groups is 3. The van der Waals surface area contributed by atoms with Crippen LogP contribution in [0.1, 0.15) is 18.0 Å². The fourth-order valence-corrected chi connectivity index (χ4v) is 1.41. The number of carboxylic acid groups (broad SMARTS) is 2. The Morgan fingerprint density at radius 2 is 1.80 bits per heavy atom. The minimum absolute atomic E-state index is 0.203. The minimum atomic E-state index is -4.30. The Morgan fingerprint density at radius 1 is 1.25 bits per heavy atom. The van der Waals surface area contributed by atoms with Gasteiger partial charge in [-0.3, -0.25) is 14.6 Å². The van der Waals surface area contributed by atoms with Gasteiger partial charge in [0, 0.05) is 12.4 Å². The van der Waals surface area contributed by atoms with Crippen molar-refractivity contribution in [2.24, 2.45) is 0 Å². The number of carboxylic acids is 2.